The average molecular weight is 399 g/mol. The van der Waals surface area contributed by atoms with Crippen LogP contribution in [0, 0.1) is 0 Å². The molecule has 0 radical (unpaired) electrons. The van der Waals surface area contributed by atoms with Gasteiger partial charge in [0.25, 0.3) is 0 Å². The van der Waals surface area contributed by atoms with Crippen molar-refractivity contribution >= 4 is 55.6 Å². The van der Waals surface area contributed by atoms with Gasteiger partial charge in [0.05, 0.1) is 6.42 Å². The number of rotatable bonds is 3. The molecule has 0 aliphatic carbocycles. The fourth-order valence-electron chi connectivity index (χ4n) is 2.49. The number of fused-ring (bicyclic) bond motifs is 1. The van der Waals surface area contributed by atoms with Crippen LogP contribution >= 0.6 is 28.1 Å². The van der Waals surface area contributed by atoms with E-state index in [0.717, 1.165) is 26.5 Å². The lowest BCUT2D eigenvalue weighted by molar-refractivity contribution is -0.119. The fraction of sp³-hybridized carbons (Fsp3) is 0.0526. The number of anilines is 1. The van der Waals surface area contributed by atoms with Crippen LogP contribution in [0.1, 0.15) is 5.56 Å². The third-order valence-corrected chi connectivity index (χ3v) is 4.32. The molecule has 0 aromatic heterocycles. The number of benzene rings is 3. The van der Waals surface area contributed by atoms with Crippen LogP contribution in [0.4, 0.5) is 5.69 Å². The predicted molar refractivity (Wildman–Crippen MR) is 106 cm³/mol. The van der Waals surface area contributed by atoms with Crippen molar-refractivity contribution in [1.29, 1.82) is 0 Å². The molecule has 0 bridgehead atoms. The van der Waals surface area contributed by atoms with Crippen LogP contribution in [-0.2, 0) is 11.2 Å². The first-order chi connectivity index (χ1) is 11.6. The van der Waals surface area contributed by atoms with E-state index in [9.17, 15) is 4.79 Å². The second-order valence-electron chi connectivity index (χ2n) is 5.32. The van der Waals surface area contributed by atoms with E-state index in [1.54, 1.807) is 0 Å². The van der Waals surface area contributed by atoms with Crippen molar-refractivity contribution in [3.63, 3.8) is 0 Å². The smallest absolute Gasteiger partial charge is 0.230 e. The summed E-state index contributed by atoms with van der Waals surface area (Å²) in [7, 11) is 0. The van der Waals surface area contributed by atoms with Gasteiger partial charge in [-0.15, -0.1) is 0 Å². The summed E-state index contributed by atoms with van der Waals surface area (Å²) in [5, 5.41) is 8.23. The van der Waals surface area contributed by atoms with E-state index in [0.29, 0.717) is 5.11 Å². The Balaban J connectivity index is 1.64. The van der Waals surface area contributed by atoms with Gasteiger partial charge < -0.3 is 10.6 Å². The van der Waals surface area contributed by atoms with E-state index in [-0.39, 0.29) is 12.3 Å². The average Bonchev–Trinajstić information content (AvgIpc) is 2.57. The van der Waals surface area contributed by atoms with Gasteiger partial charge in [0.1, 0.15) is 0 Å². The number of carbonyl (C=O) groups is 1. The van der Waals surface area contributed by atoms with Gasteiger partial charge in [0, 0.05) is 10.2 Å². The molecule has 3 nitrogen and oxygen atoms in total. The summed E-state index contributed by atoms with van der Waals surface area (Å²) in [6.07, 6.45) is 0.281. The van der Waals surface area contributed by atoms with Crippen LogP contribution in [0.2, 0.25) is 0 Å². The summed E-state index contributed by atoms with van der Waals surface area (Å²) < 4.78 is 0.985. The first-order valence-electron chi connectivity index (χ1n) is 7.45. The number of hydrogen-bond donors (Lipinski definition) is 2. The summed E-state index contributed by atoms with van der Waals surface area (Å²) in [4.78, 5) is 12.3. The number of halogens is 1. The molecular weight excluding hydrogens is 384 g/mol. The van der Waals surface area contributed by atoms with Gasteiger partial charge in [0.2, 0.25) is 5.91 Å². The number of amides is 1. The minimum atomic E-state index is -0.138. The Morgan fingerprint density at radius 2 is 1.67 bits per heavy atom. The third-order valence-electron chi connectivity index (χ3n) is 3.59. The maximum absolute atomic E-state index is 12.3. The van der Waals surface area contributed by atoms with Crippen molar-refractivity contribution in [2.75, 3.05) is 5.32 Å². The number of carbonyl (C=O) groups excluding carboxylic acids is 1. The van der Waals surface area contributed by atoms with Crippen LogP contribution in [0.3, 0.4) is 0 Å². The first-order valence-corrected chi connectivity index (χ1v) is 8.65. The normalized spacial score (nSPS) is 10.4. The second kappa shape index (κ2) is 7.55. The van der Waals surface area contributed by atoms with Crippen LogP contribution in [0.15, 0.2) is 71.2 Å². The quantitative estimate of drug-likeness (QED) is 0.630. The molecule has 0 unspecified atom stereocenters. The van der Waals surface area contributed by atoms with E-state index in [1.807, 2.05) is 66.7 Å². The molecule has 0 atom stereocenters. The largest absolute Gasteiger partial charge is 0.332 e. The van der Waals surface area contributed by atoms with Gasteiger partial charge in [-0.2, -0.15) is 0 Å². The maximum Gasteiger partial charge on any atom is 0.230 e. The SMILES string of the molecule is O=C(Cc1cccc2ccccc12)NC(=S)Nc1ccc(Br)cc1. The molecule has 0 heterocycles. The summed E-state index contributed by atoms with van der Waals surface area (Å²) in [5.74, 6) is -0.138. The van der Waals surface area contributed by atoms with Crippen LogP contribution < -0.4 is 10.6 Å². The minimum absolute atomic E-state index is 0.138. The van der Waals surface area contributed by atoms with Gasteiger partial charge in [-0.3, -0.25) is 4.79 Å². The van der Waals surface area contributed by atoms with Crippen molar-refractivity contribution in [1.82, 2.24) is 5.32 Å². The summed E-state index contributed by atoms with van der Waals surface area (Å²) in [5.41, 5.74) is 1.81. The second-order valence-corrected chi connectivity index (χ2v) is 6.65. The highest BCUT2D eigenvalue weighted by Gasteiger charge is 2.08. The maximum atomic E-state index is 12.3. The molecule has 0 aliphatic rings. The Morgan fingerprint density at radius 3 is 2.46 bits per heavy atom. The highest BCUT2D eigenvalue weighted by atomic mass is 79.9. The molecule has 1 amide bonds. The van der Waals surface area contributed by atoms with Crippen molar-refractivity contribution in [3.8, 4) is 0 Å². The lowest BCUT2D eigenvalue weighted by atomic mass is 10.0. The van der Waals surface area contributed by atoms with Crippen LogP contribution in [0.5, 0.6) is 0 Å². The molecule has 3 rings (SSSR count). The van der Waals surface area contributed by atoms with Gasteiger partial charge in [-0.1, -0.05) is 58.4 Å². The monoisotopic (exact) mass is 398 g/mol. The highest BCUT2D eigenvalue weighted by Crippen LogP contribution is 2.19. The summed E-state index contributed by atoms with van der Waals surface area (Å²) in [6, 6.07) is 21.6. The van der Waals surface area contributed by atoms with E-state index in [2.05, 4.69) is 26.6 Å². The zero-order valence-electron chi connectivity index (χ0n) is 12.8. The Bertz CT molecular complexity index is 888. The van der Waals surface area contributed by atoms with Crippen LogP contribution in [-0.4, -0.2) is 11.0 Å². The number of hydrogen-bond acceptors (Lipinski definition) is 2. The van der Waals surface area contributed by atoms with Crippen molar-refractivity contribution in [2.45, 2.75) is 6.42 Å². The molecule has 0 saturated carbocycles. The van der Waals surface area contributed by atoms with Crippen molar-refractivity contribution in [3.05, 3.63) is 76.8 Å². The molecular formula is C19H15BrN2OS. The lowest BCUT2D eigenvalue weighted by Gasteiger charge is -2.10. The summed E-state index contributed by atoms with van der Waals surface area (Å²) in [6.45, 7) is 0. The fourth-order valence-corrected chi connectivity index (χ4v) is 2.98. The van der Waals surface area contributed by atoms with E-state index < -0.39 is 0 Å². The molecule has 3 aromatic carbocycles. The number of thiocarbonyl (C=S) groups is 1. The summed E-state index contributed by atoms with van der Waals surface area (Å²) >= 11 is 8.58. The van der Waals surface area contributed by atoms with E-state index in [4.69, 9.17) is 12.2 Å². The van der Waals surface area contributed by atoms with Gasteiger partial charge in [0.15, 0.2) is 5.11 Å². The Morgan fingerprint density at radius 1 is 0.958 bits per heavy atom. The molecule has 0 fully saturated rings. The lowest BCUT2D eigenvalue weighted by Crippen LogP contribution is -2.35. The standard InChI is InChI=1S/C19H15BrN2OS/c20-15-8-10-16(11-9-15)21-19(24)22-18(23)12-14-6-3-5-13-4-1-2-7-17(13)14/h1-11H,12H2,(H2,21,22,23,24). The highest BCUT2D eigenvalue weighted by molar-refractivity contribution is 9.10. The van der Waals surface area contributed by atoms with E-state index in [1.165, 1.54) is 0 Å². The molecule has 24 heavy (non-hydrogen) atoms. The Hall–Kier alpha value is -2.24. The molecule has 5 heteroatoms. The molecule has 120 valence electrons. The first kappa shape index (κ1) is 16.6. The predicted octanol–water partition coefficient (Wildman–Crippen LogP) is 4.66. The van der Waals surface area contributed by atoms with Crippen LogP contribution in [0.25, 0.3) is 10.8 Å². The molecule has 0 spiro atoms. The van der Waals surface area contributed by atoms with E-state index >= 15 is 0 Å². The molecule has 2 N–H and O–H groups in total. The minimum Gasteiger partial charge on any atom is -0.332 e. The zero-order chi connectivity index (χ0) is 16.9. The molecule has 3 aromatic rings. The van der Waals surface area contributed by atoms with Gasteiger partial charge >= 0.3 is 0 Å². The molecule has 0 saturated heterocycles. The Labute approximate surface area is 154 Å². The third kappa shape index (κ3) is 4.19. The number of nitrogens with one attached hydrogen (secondary N) is 2. The molecule has 0 aliphatic heterocycles. The van der Waals surface area contributed by atoms with Gasteiger partial charge in [-0.25, -0.2) is 0 Å². The van der Waals surface area contributed by atoms with Gasteiger partial charge in [-0.05, 0) is 52.8 Å². The van der Waals surface area contributed by atoms with Crippen molar-refractivity contribution < 1.29 is 4.79 Å². The topological polar surface area (TPSA) is 41.1 Å². The van der Waals surface area contributed by atoms with Crippen molar-refractivity contribution in [2.24, 2.45) is 0 Å². The zero-order valence-corrected chi connectivity index (χ0v) is 15.2. The Kier molecular flexibility index (Phi) is 5.23.